The summed E-state index contributed by atoms with van der Waals surface area (Å²) in [5.41, 5.74) is 2.11. The first-order valence-corrected chi connectivity index (χ1v) is 9.38. The molecule has 1 aromatic carbocycles. The summed E-state index contributed by atoms with van der Waals surface area (Å²) in [6.45, 7) is 2.29. The normalized spacial score (nSPS) is 13.8. The highest BCUT2D eigenvalue weighted by atomic mass is 35.5. The molecule has 7 nitrogen and oxygen atoms in total. The summed E-state index contributed by atoms with van der Waals surface area (Å²) in [6, 6.07) is 7.28. The van der Waals surface area contributed by atoms with Gasteiger partial charge < -0.3 is 24.3 Å². The fourth-order valence-electron chi connectivity index (χ4n) is 3.41. The Morgan fingerprint density at radius 1 is 1.28 bits per heavy atom. The number of benzene rings is 1. The van der Waals surface area contributed by atoms with Gasteiger partial charge in [0.05, 0.1) is 37.1 Å². The number of rotatable bonds is 4. The molecule has 1 saturated heterocycles. The number of carbonyl (C=O) groups is 1. The molecule has 3 heterocycles. The van der Waals surface area contributed by atoms with Crippen molar-refractivity contribution in [3.8, 4) is 5.75 Å². The molecule has 0 aliphatic carbocycles. The number of ether oxygens (including phenoxy) is 2. The Morgan fingerprint density at radius 3 is 2.76 bits per heavy atom. The van der Waals surface area contributed by atoms with E-state index in [1.54, 1.807) is 36.4 Å². The average Bonchev–Trinajstić information content (AvgIpc) is 3.11. The van der Waals surface area contributed by atoms with Gasteiger partial charge in [-0.15, -0.1) is 12.4 Å². The highest BCUT2D eigenvalue weighted by molar-refractivity contribution is 6.31. The summed E-state index contributed by atoms with van der Waals surface area (Å²) in [5.74, 6) is 1.26. The van der Waals surface area contributed by atoms with E-state index in [0.717, 1.165) is 10.9 Å². The Kier molecular flexibility index (Phi) is 6.52. The predicted molar refractivity (Wildman–Crippen MR) is 116 cm³/mol. The fraction of sp³-hybridized carbons (Fsp3) is 0.300. The first kappa shape index (κ1) is 21.2. The number of carbonyl (C=O) groups excluding carboxylic acids is 1. The largest absolute Gasteiger partial charge is 0.495 e. The first-order chi connectivity index (χ1) is 13.6. The number of methoxy groups -OCH3 is 1. The van der Waals surface area contributed by atoms with Gasteiger partial charge in [0.25, 0.3) is 5.91 Å². The van der Waals surface area contributed by atoms with Crippen molar-refractivity contribution in [2.45, 2.75) is 0 Å². The summed E-state index contributed by atoms with van der Waals surface area (Å²) < 4.78 is 12.7. The Hall–Kier alpha value is -2.48. The molecule has 0 unspecified atom stereocenters. The van der Waals surface area contributed by atoms with Crippen molar-refractivity contribution in [1.29, 1.82) is 0 Å². The van der Waals surface area contributed by atoms with Gasteiger partial charge in [0.2, 0.25) is 0 Å². The number of halogens is 2. The van der Waals surface area contributed by atoms with Gasteiger partial charge in [0, 0.05) is 42.9 Å². The van der Waals surface area contributed by atoms with Gasteiger partial charge in [-0.05, 0) is 24.3 Å². The van der Waals surface area contributed by atoms with Crippen molar-refractivity contribution in [3.63, 3.8) is 0 Å². The van der Waals surface area contributed by atoms with Crippen molar-refractivity contribution < 1.29 is 14.3 Å². The van der Waals surface area contributed by atoms with Crippen LogP contribution in [0.4, 0.5) is 11.5 Å². The van der Waals surface area contributed by atoms with Crippen molar-refractivity contribution in [1.82, 2.24) is 14.5 Å². The third kappa shape index (κ3) is 4.12. The number of fused-ring (bicyclic) bond motifs is 1. The summed E-state index contributed by atoms with van der Waals surface area (Å²) in [6.07, 6.45) is 3.54. The van der Waals surface area contributed by atoms with Crippen LogP contribution in [0.1, 0.15) is 10.4 Å². The minimum absolute atomic E-state index is 0. The minimum Gasteiger partial charge on any atom is -0.495 e. The monoisotopic (exact) mass is 436 g/mol. The molecule has 3 aromatic rings. The van der Waals surface area contributed by atoms with Crippen LogP contribution >= 0.6 is 24.0 Å². The molecule has 1 amide bonds. The molecule has 2 aromatic heterocycles. The van der Waals surface area contributed by atoms with E-state index < -0.39 is 0 Å². The third-order valence-electron chi connectivity index (χ3n) is 4.85. The van der Waals surface area contributed by atoms with Crippen molar-refractivity contribution >= 4 is 52.3 Å². The lowest BCUT2D eigenvalue weighted by Gasteiger charge is -2.27. The number of hydrogen-bond donors (Lipinski definition) is 1. The zero-order valence-corrected chi connectivity index (χ0v) is 17.7. The minimum atomic E-state index is -0.0329. The number of nitrogens with one attached hydrogen (secondary N) is 1. The van der Waals surface area contributed by atoms with Gasteiger partial charge in [-0.3, -0.25) is 4.79 Å². The summed E-state index contributed by atoms with van der Waals surface area (Å²) >= 11 is 6.13. The van der Waals surface area contributed by atoms with Crippen LogP contribution in [-0.2, 0) is 11.8 Å². The van der Waals surface area contributed by atoms with E-state index in [4.69, 9.17) is 21.1 Å². The number of anilines is 2. The second-order valence-electron chi connectivity index (χ2n) is 6.58. The first-order valence-electron chi connectivity index (χ1n) is 9.00. The lowest BCUT2D eigenvalue weighted by atomic mass is 10.1. The molecule has 0 radical (unpaired) electrons. The van der Waals surface area contributed by atoms with Gasteiger partial charge in [-0.25, -0.2) is 4.98 Å². The molecule has 1 aliphatic heterocycles. The van der Waals surface area contributed by atoms with E-state index in [0.29, 0.717) is 54.1 Å². The second kappa shape index (κ2) is 8.90. The maximum atomic E-state index is 13.0. The summed E-state index contributed by atoms with van der Waals surface area (Å²) in [7, 11) is 3.52. The second-order valence-corrected chi connectivity index (χ2v) is 7.02. The Labute approximate surface area is 180 Å². The zero-order valence-electron chi connectivity index (χ0n) is 16.1. The quantitative estimate of drug-likeness (QED) is 0.671. The van der Waals surface area contributed by atoms with Gasteiger partial charge in [0.1, 0.15) is 11.6 Å². The van der Waals surface area contributed by atoms with Crippen LogP contribution < -0.4 is 10.1 Å². The molecule has 1 fully saturated rings. The van der Waals surface area contributed by atoms with Gasteiger partial charge in [-0.2, -0.15) is 0 Å². The molecule has 29 heavy (non-hydrogen) atoms. The predicted octanol–water partition coefficient (Wildman–Crippen LogP) is 3.87. The van der Waals surface area contributed by atoms with Crippen LogP contribution in [0.25, 0.3) is 10.9 Å². The molecule has 0 atom stereocenters. The summed E-state index contributed by atoms with van der Waals surface area (Å²) in [4.78, 5) is 19.4. The van der Waals surface area contributed by atoms with E-state index >= 15 is 0 Å². The van der Waals surface area contributed by atoms with Crippen LogP contribution in [0.15, 0.2) is 36.7 Å². The number of morpholine rings is 1. The number of hydrogen-bond acceptors (Lipinski definition) is 5. The molecule has 0 spiro atoms. The van der Waals surface area contributed by atoms with Gasteiger partial charge in [-0.1, -0.05) is 11.6 Å². The Morgan fingerprint density at radius 2 is 2.03 bits per heavy atom. The smallest absolute Gasteiger partial charge is 0.257 e. The summed E-state index contributed by atoms with van der Waals surface area (Å²) in [5, 5.41) is 4.73. The van der Waals surface area contributed by atoms with Crippen LogP contribution in [0.2, 0.25) is 5.02 Å². The van der Waals surface area contributed by atoms with E-state index in [2.05, 4.69) is 10.3 Å². The molecule has 1 N–H and O–H groups in total. The lowest BCUT2D eigenvalue weighted by molar-refractivity contribution is 0.0303. The highest BCUT2D eigenvalue weighted by Crippen LogP contribution is 2.33. The van der Waals surface area contributed by atoms with Gasteiger partial charge in [0.15, 0.2) is 0 Å². The standard InChI is InChI=1S/C20H21ClN4O3.ClH/c1-24-6-5-14-18(24)15(20(26)25-7-9-28-10-8-25)12-22-19(14)23-16-11-13(21)3-4-17(16)27-2;/h3-6,11-12H,7-10H2,1-2H3,(H,22,23);1H. The van der Waals surface area contributed by atoms with E-state index in [9.17, 15) is 4.79 Å². The highest BCUT2D eigenvalue weighted by Gasteiger charge is 2.23. The lowest BCUT2D eigenvalue weighted by Crippen LogP contribution is -2.40. The number of pyridine rings is 1. The molecule has 1 aliphatic rings. The van der Waals surface area contributed by atoms with Gasteiger partial charge >= 0.3 is 0 Å². The number of aryl methyl sites for hydroxylation is 1. The molecule has 154 valence electrons. The maximum Gasteiger partial charge on any atom is 0.257 e. The molecular formula is C20H22Cl2N4O3. The van der Waals surface area contributed by atoms with Crippen molar-refractivity contribution in [2.24, 2.45) is 7.05 Å². The molecule has 0 bridgehead atoms. The maximum absolute atomic E-state index is 13.0. The van der Waals surface area contributed by atoms with Crippen molar-refractivity contribution in [3.05, 3.63) is 47.2 Å². The topological polar surface area (TPSA) is 68.6 Å². The Balaban J connectivity index is 0.00000240. The number of nitrogens with zero attached hydrogens (tertiary/aromatic N) is 3. The van der Waals surface area contributed by atoms with Crippen LogP contribution in [0.5, 0.6) is 5.75 Å². The Bertz CT molecular complexity index is 1030. The van der Waals surface area contributed by atoms with E-state index in [1.807, 2.05) is 23.9 Å². The van der Waals surface area contributed by atoms with Crippen LogP contribution in [0.3, 0.4) is 0 Å². The third-order valence-corrected chi connectivity index (χ3v) is 5.08. The SMILES string of the molecule is COc1ccc(Cl)cc1Nc1ncc(C(=O)N2CCOCC2)c2c1ccn2C.Cl. The molecule has 0 saturated carbocycles. The molecule has 9 heteroatoms. The van der Waals surface area contributed by atoms with Crippen LogP contribution in [0, 0.1) is 0 Å². The van der Waals surface area contributed by atoms with Crippen LogP contribution in [-0.4, -0.2) is 53.8 Å². The number of aromatic nitrogens is 2. The van der Waals surface area contributed by atoms with E-state index in [-0.39, 0.29) is 18.3 Å². The zero-order chi connectivity index (χ0) is 19.7. The average molecular weight is 437 g/mol. The molecule has 4 rings (SSSR count). The van der Waals surface area contributed by atoms with Crippen molar-refractivity contribution in [2.75, 3.05) is 38.7 Å². The molecular weight excluding hydrogens is 415 g/mol. The fourth-order valence-corrected chi connectivity index (χ4v) is 3.59. The number of amides is 1. The van der Waals surface area contributed by atoms with E-state index in [1.165, 1.54) is 0 Å².